The molecule has 3 nitrogen and oxygen atoms in total. The summed E-state index contributed by atoms with van der Waals surface area (Å²) in [6.45, 7) is 2.29. The Bertz CT molecular complexity index is 561. The molecule has 1 aromatic heterocycles. The zero-order valence-corrected chi connectivity index (χ0v) is 12.8. The summed E-state index contributed by atoms with van der Waals surface area (Å²) in [4.78, 5) is 0. The van der Waals surface area contributed by atoms with Crippen molar-refractivity contribution in [3.05, 3.63) is 48.3 Å². The van der Waals surface area contributed by atoms with Crippen LogP contribution in [0.4, 0.5) is 0 Å². The molecule has 3 unspecified atom stereocenters. The highest BCUT2D eigenvalue weighted by Crippen LogP contribution is 2.38. The van der Waals surface area contributed by atoms with Crippen LogP contribution in [-0.4, -0.2) is 9.78 Å². The Kier molecular flexibility index (Phi) is 4.39. The number of hydrogen-bond acceptors (Lipinski definition) is 2. The molecule has 1 heterocycles. The molecule has 0 aliphatic heterocycles. The van der Waals surface area contributed by atoms with Crippen molar-refractivity contribution in [3.8, 4) is 5.69 Å². The Morgan fingerprint density at radius 2 is 1.95 bits per heavy atom. The molecule has 0 saturated heterocycles. The lowest BCUT2D eigenvalue weighted by Gasteiger charge is -2.34. The Balaban J connectivity index is 1.79. The van der Waals surface area contributed by atoms with Gasteiger partial charge in [0.25, 0.3) is 0 Å². The van der Waals surface area contributed by atoms with Gasteiger partial charge in [0, 0.05) is 6.20 Å². The highest BCUT2D eigenvalue weighted by molar-refractivity contribution is 5.30. The SMILES string of the molecule is CCC1CCCCC1C(N)c1ccn(-c2ccccc2)n1. The van der Waals surface area contributed by atoms with E-state index in [4.69, 9.17) is 10.8 Å². The molecular formula is C18H25N3. The first-order valence-corrected chi connectivity index (χ1v) is 8.16. The van der Waals surface area contributed by atoms with E-state index in [0.29, 0.717) is 5.92 Å². The van der Waals surface area contributed by atoms with Crippen LogP contribution in [0.5, 0.6) is 0 Å². The summed E-state index contributed by atoms with van der Waals surface area (Å²) in [7, 11) is 0. The van der Waals surface area contributed by atoms with Crippen LogP contribution in [0.25, 0.3) is 5.69 Å². The largest absolute Gasteiger partial charge is 0.322 e. The van der Waals surface area contributed by atoms with Gasteiger partial charge in [0.1, 0.15) is 0 Å². The second kappa shape index (κ2) is 6.44. The van der Waals surface area contributed by atoms with E-state index in [2.05, 4.69) is 25.1 Å². The first-order chi connectivity index (χ1) is 10.3. The van der Waals surface area contributed by atoms with Gasteiger partial charge in [-0.1, -0.05) is 50.8 Å². The summed E-state index contributed by atoms with van der Waals surface area (Å²) in [5, 5.41) is 4.72. The van der Waals surface area contributed by atoms with Gasteiger partial charge in [-0.15, -0.1) is 0 Å². The minimum Gasteiger partial charge on any atom is -0.322 e. The van der Waals surface area contributed by atoms with E-state index in [0.717, 1.165) is 17.3 Å². The number of hydrogen-bond donors (Lipinski definition) is 1. The summed E-state index contributed by atoms with van der Waals surface area (Å²) in [6, 6.07) is 12.4. The van der Waals surface area contributed by atoms with E-state index in [9.17, 15) is 0 Å². The lowest BCUT2D eigenvalue weighted by Crippen LogP contribution is -2.30. The Labute approximate surface area is 127 Å². The van der Waals surface area contributed by atoms with Gasteiger partial charge in [-0.3, -0.25) is 0 Å². The van der Waals surface area contributed by atoms with Crippen molar-refractivity contribution in [2.24, 2.45) is 17.6 Å². The molecule has 3 heteroatoms. The fourth-order valence-corrected chi connectivity index (χ4v) is 3.68. The van der Waals surface area contributed by atoms with E-state index in [1.54, 1.807) is 0 Å². The maximum Gasteiger partial charge on any atom is 0.0799 e. The van der Waals surface area contributed by atoms with Crippen molar-refractivity contribution < 1.29 is 0 Å². The topological polar surface area (TPSA) is 43.8 Å². The smallest absolute Gasteiger partial charge is 0.0799 e. The molecule has 0 amide bonds. The third kappa shape index (κ3) is 3.03. The van der Waals surface area contributed by atoms with Crippen molar-refractivity contribution in [2.45, 2.75) is 45.1 Å². The summed E-state index contributed by atoms with van der Waals surface area (Å²) in [5.74, 6) is 1.35. The second-order valence-electron chi connectivity index (χ2n) is 6.16. The van der Waals surface area contributed by atoms with Gasteiger partial charge in [0.2, 0.25) is 0 Å². The number of benzene rings is 1. The third-order valence-electron chi connectivity index (χ3n) is 4.93. The number of nitrogens with two attached hydrogens (primary N) is 1. The number of nitrogens with zero attached hydrogens (tertiary/aromatic N) is 2. The van der Waals surface area contributed by atoms with Gasteiger partial charge in [0.05, 0.1) is 17.4 Å². The Hall–Kier alpha value is -1.61. The summed E-state index contributed by atoms with van der Waals surface area (Å²) in [5.41, 5.74) is 8.67. The summed E-state index contributed by atoms with van der Waals surface area (Å²) in [6.07, 6.45) is 8.51. The molecule has 1 aliphatic carbocycles. The van der Waals surface area contributed by atoms with Crippen LogP contribution < -0.4 is 5.73 Å². The maximum atomic E-state index is 6.55. The van der Waals surface area contributed by atoms with Gasteiger partial charge in [-0.05, 0) is 36.5 Å². The lowest BCUT2D eigenvalue weighted by atomic mass is 9.73. The molecule has 0 radical (unpaired) electrons. The van der Waals surface area contributed by atoms with Crippen molar-refractivity contribution in [2.75, 3.05) is 0 Å². The summed E-state index contributed by atoms with van der Waals surface area (Å²) < 4.78 is 1.93. The minimum absolute atomic E-state index is 0.0696. The zero-order chi connectivity index (χ0) is 14.7. The van der Waals surface area contributed by atoms with Gasteiger partial charge < -0.3 is 5.73 Å². The number of para-hydroxylation sites is 1. The van der Waals surface area contributed by atoms with Crippen LogP contribution in [0.15, 0.2) is 42.6 Å². The van der Waals surface area contributed by atoms with Crippen molar-refractivity contribution in [1.82, 2.24) is 9.78 Å². The molecule has 1 saturated carbocycles. The molecule has 3 rings (SSSR count). The van der Waals surface area contributed by atoms with Crippen LogP contribution >= 0.6 is 0 Å². The van der Waals surface area contributed by atoms with Gasteiger partial charge in [-0.25, -0.2) is 4.68 Å². The third-order valence-corrected chi connectivity index (χ3v) is 4.93. The van der Waals surface area contributed by atoms with Gasteiger partial charge in [0.15, 0.2) is 0 Å². The van der Waals surface area contributed by atoms with Crippen LogP contribution in [0.2, 0.25) is 0 Å². The Morgan fingerprint density at radius 1 is 1.19 bits per heavy atom. The quantitative estimate of drug-likeness (QED) is 0.918. The molecule has 2 aromatic rings. The van der Waals surface area contributed by atoms with Crippen LogP contribution in [0, 0.1) is 11.8 Å². The van der Waals surface area contributed by atoms with Crippen LogP contribution in [-0.2, 0) is 0 Å². The summed E-state index contributed by atoms with van der Waals surface area (Å²) >= 11 is 0. The fraction of sp³-hybridized carbons (Fsp3) is 0.500. The minimum atomic E-state index is 0.0696. The predicted molar refractivity (Wildman–Crippen MR) is 86.2 cm³/mol. The van der Waals surface area contributed by atoms with Crippen molar-refractivity contribution in [1.29, 1.82) is 0 Å². The van der Waals surface area contributed by atoms with Gasteiger partial charge in [-0.2, -0.15) is 5.10 Å². The normalized spacial score (nSPS) is 23.9. The van der Waals surface area contributed by atoms with E-state index >= 15 is 0 Å². The molecule has 112 valence electrons. The lowest BCUT2D eigenvalue weighted by molar-refractivity contribution is 0.194. The fourth-order valence-electron chi connectivity index (χ4n) is 3.68. The van der Waals surface area contributed by atoms with Crippen LogP contribution in [0.1, 0.15) is 50.8 Å². The number of rotatable bonds is 4. The Morgan fingerprint density at radius 3 is 2.71 bits per heavy atom. The first kappa shape index (κ1) is 14.3. The molecule has 0 bridgehead atoms. The van der Waals surface area contributed by atoms with Gasteiger partial charge >= 0.3 is 0 Å². The number of aromatic nitrogens is 2. The molecule has 1 fully saturated rings. The average Bonchev–Trinajstić information content (AvgIpc) is 3.05. The zero-order valence-electron chi connectivity index (χ0n) is 12.8. The predicted octanol–water partition coefficient (Wildman–Crippen LogP) is 4.09. The molecule has 1 aliphatic rings. The van der Waals surface area contributed by atoms with E-state index in [1.165, 1.54) is 32.1 Å². The first-order valence-electron chi connectivity index (χ1n) is 8.16. The van der Waals surface area contributed by atoms with E-state index in [1.807, 2.05) is 29.1 Å². The highest BCUT2D eigenvalue weighted by atomic mass is 15.3. The molecule has 0 spiro atoms. The van der Waals surface area contributed by atoms with Crippen molar-refractivity contribution >= 4 is 0 Å². The average molecular weight is 283 g/mol. The molecular weight excluding hydrogens is 258 g/mol. The van der Waals surface area contributed by atoms with E-state index < -0.39 is 0 Å². The second-order valence-corrected chi connectivity index (χ2v) is 6.16. The standard InChI is InChI=1S/C18H25N3/c1-2-14-8-6-7-11-16(14)18(19)17-12-13-21(20-17)15-9-4-3-5-10-15/h3-5,9-10,12-14,16,18H,2,6-8,11,19H2,1H3. The highest BCUT2D eigenvalue weighted by Gasteiger charge is 2.30. The molecule has 2 N–H and O–H groups in total. The molecule has 1 aromatic carbocycles. The maximum absolute atomic E-state index is 6.55. The van der Waals surface area contributed by atoms with Crippen LogP contribution in [0.3, 0.4) is 0 Å². The van der Waals surface area contributed by atoms with E-state index in [-0.39, 0.29) is 6.04 Å². The monoisotopic (exact) mass is 283 g/mol. The molecule has 3 atom stereocenters. The molecule has 21 heavy (non-hydrogen) atoms. The van der Waals surface area contributed by atoms with Crippen molar-refractivity contribution in [3.63, 3.8) is 0 Å².